The van der Waals surface area contributed by atoms with Crippen molar-refractivity contribution in [3.05, 3.63) is 81.9 Å². The molecule has 38 heavy (non-hydrogen) atoms. The maximum absolute atomic E-state index is 13.7. The summed E-state index contributed by atoms with van der Waals surface area (Å²) in [5.41, 5.74) is 11.1. The third-order valence-corrected chi connectivity index (χ3v) is 7.92. The first kappa shape index (κ1) is 25.9. The fourth-order valence-corrected chi connectivity index (χ4v) is 6.25. The van der Waals surface area contributed by atoms with Crippen LogP contribution >= 0.6 is 11.3 Å². The first-order valence-corrected chi connectivity index (χ1v) is 13.7. The van der Waals surface area contributed by atoms with Crippen LogP contribution in [0.3, 0.4) is 0 Å². The Hall–Kier alpha value is -3.69. The number of rotatable bonds is 6. The number of fused-ring (bicyclic) bond motifs is 2. The topological polar surface area (TPSA) is 123 Å². The van der Waals surface area contributed by atoms with Crippen molar-refractivity contribution in [1.82, 2.24) is 20.3 Å². The summed E-state index contributed by atoms with van der Waals surface area (Å²) in [4.78, 5) is 40.6. The second-order valence-corrected chi connectivity index (χ2v) is 11.6. The summed E-state index contributed by atoms with van der Waals surface area (Å²) >= 11 is 1.46. The summed E-state index contributed by atoms with van der Waals surface area (Å²) in [6, 6.07) is 9.16. The van der Waals surface area contributed by atoms with Crippen LogP contribution in [0.25, 0.3) is 10.2 Å². The van der Waals surface area contributed by atoms with E-state index in [-0.39, 0.29) is 35.5 Å². The number of hydrogen-bond acceptors (Lipinski definition) is 7. The number of benzene rings is 1. The van der Waals surface area contributed by atoms with Crippen LogP contribution in [0.4, 0.5) is 5.69 Å². The minimum Gasteiger partial charge on any atom is -0.343 e. The fraction of sp³-hybridized carbons (Fsp3) is 0.345. The molecule has 0 aliphatic heterocycles. The van der Waals surface area contributed by atoms with E-state index in [1.54, 1.807) is 12.1 Å². The predicted octanol–water partition coefficient (Wildman–Crippen LogP) is 4.94. The predicted molar refractivity (Wildman–Crippen MR) is 151 cm³/mol. The van der Waals surface area contributed by atoms with E-state index in [9.17, 15) is 9.59 Å². The Balaban J connectivity index is 1.38. The van der Waals surface area contributed by atoms with Gasteiger partial charge in [0.25, 0.3) is 11.8 Å². The quantitative estimate of drug-likeness (QED) is 0.326. The molecule has 2 amide bonds. The maximum Gasteiger partial charge on any atom is 0.275 e. The highest BCUT2D eigenvalue weighted by Gasteiger charge is 2.30. The zero-order chi connectivity index (χ0) is 26.9. The third kappa shape index (κ3) is 5.30. The van der Waals surface area contributed by atoms with Gasteiger partial charge >= 0.3 is 0 Å². The molecule has 4 aromatic rings. The molecule has 0 unspecified atom stereocenters. The van der Waals surface area contributed by atoms with Crippen LogP contribution in [0.2, 0.25) is 0 Å². The first-order valence-electron chi connectivity index (χ1n) is 12.9. The van der Waals surface area contributed by atoms with Gasteiger partial charge in [0, 0.05) is 35.7 Å². The van der Waals surface area contributed by atoms with Gasteiger partial charge in [0.15, 0.2) is 0 Å². The van der Waals surface area contributed by atoms with Crippen molar-refractivity contribution in [1.29, 1.82) is 0 Å². The minimum atomic E-state index is -0.383. The van der Waals surface area contributed by atoms with Crippen molar-refractivity contribution in [2.75, 3.05) is 11.9 Å². The molecule has 0 saturated carbocycles. The Kier molecular flexibility index (Phi) is 7.23. The lowest BCUT2D eigenvalue weighted by molar-refractivity contribution is 0.0939. The number of aryl methyl sites for hydroxylation is 2. The molecule has 5 rings (SSSR count). The number of nitrogens with two attached hydrogens (primary N) is 1. The minimum absolute atomic E-state index is 0.147. The van der Waals surface area contributed by atoms with Gasteiger partial charge in [-0.25, -0.2) is 9.97 Å². The second-order valence-electron chi connectivity index (χ2n) is 10.6. The van der Waals surface area contributed by atoms with Gasteiger partial charge in [-0.05, 0) is 66.0 Å². The molecule has 1 aromatic carbocycles. The average Bonchev–Trinajstić information content (AvgIpc) is 3.30. The smallest absolute Gasteiger partial charge is 0.275 e. The van der Waals surface area contributed by atoms with E-state index in [1.807, 2.05) is 12.1 Å². The van der Waals surface area contributed by atoms with Gasteiger partial charge in [0.05, 0.1) is 17.1 Å². The van der Waals surface area contributed by atoms with E-state index in [0.717, 1.165) is 40.6 Å². The Morgan fingerprint density at radius 2 is 1.84 bits per heavy atom. The van der Waals surface area contributed by atoms with Gasteiger partial charge in [0.1, 0.15) is 10.5 Å². The number of thiophene rings is 1. The van der Waals surface area contributed by atoms with Crippen molar-refractivity contribution in [2.24, 2.45) is 5.73 Å². The van der Waals surface area contributed by atoms with Crippen molar-refractivity contribution < 1.29 is 9.59 Å². The number of anilines is 1. The van der Waals surface area contributed by atoms with Crippen molar-refractivity contribution in [3.8, 4) is 0 Å². The summed E-state index contributed by atoms with van der Waals surface area (Å²) in [6.45, 7) is 6.65. The van der Waals surface area contributed by atoms with Crippen LogP contribution in [0.15, 0.2) is 48.9 Å². The van der Waals surface area contributed by atoms with Crippen LogP contribution < -0.4 is 16.4 Å². The number of aromatic nitrogens is 3. The summed E-state index contributed by atoms with van der Waals surface area (Å²) in [7, 11) is 0. The second kappa shape index (κ2) is 10.6. The molecule has 0 saturated heterocycles. The fourth-order valence-electron chi connectivity index (χ4n) is 4.96. The number of nitrogens with one attached hydrogen (secondary N) is 2. The van der Waals surface area contributed by atoms with E-state index in [1.165, 1.54) is 47.6 Å². The van der Waals surface area contributed by atoms with E-state index in [2.05, 4.69) is 47.4 Å². The lowest BCUT2D eigenvalue weighted by Gasteiger charge is -2.23. The zero-order valence-corrected chi connectivity index (χ0v) is 22.7. The monoisotopic (exact) mass is 528 g/mol. The summed E-state index contributed by atoms with van der Waals surface area (Å²) < 4.78 is 0. The average molecular weight is 529 g/mol. The van der Waals surface area contributed by atoms with Crippen LogP contribution in [0.1, 0.15) is 82.2 Å². The van der Waals surface area contributed by atoms with E-state index in [4.69, 9.17) is 10.7 Å². The largest absolute Gasteiger partial charge is 0.343 e. The van der Waals surface area contributed by atoms with Crippen LogP contribution in [0, 0.1) is 0 Å². The molecule has 1 atom stereocenters. The highest BCUT2D eigenvalue weighted by molar-refractivity contribution is 7.20. The summed E-state index contributed by atoms with van der Waals surface area (Å²) in [6.07, 6.45) is 8.79. The molecule has 3 aromatic heterocycles. The van der Waals surface area contributed by atoms with E-state index >= 15 is 0 Å². The van der Waals surface area contributed by atoms with Crippen LogP contribution in [0.5, 0.6) is 0 Å². The molecule has 1 aliphatic rings. The highest BCUT2D eigenvalue weighted by Crippen LogP contribution is 2.40. The number of carbonyl (C=O) groups excluding carboxylic acids is 2. The Bertz CT molecular complexity index is 1480. The molecule has 0 radical (unpaired) electrons. The van der Waals surface area contributed by atoms with Crippen molar-refractivity contribution >= 4 is 39.1 Å². The summed E-state index contributed by atoms with van der Waals surface area (Å²) in [5.74, 6) is -0.490. The number of carbonyl (C=O) groups is 2. The standard InChI is InChI=1S/C29H32N6O2S/c1-29(2,3)24-20-14-18-6-4-5-7-21(18)35-28(20)38-25(24)27(37)34-22(15-30)17-8-10-19(11-9-17)33-26(36)23-16-31-12-13-32-23/h8-14,16,22H,4-7,15,30H2,1-3H3,(H,33,36)(H,34,37)/t22-/m1/s1. The maximum atomic E-state index is 13.7. The van der Waals surface area contributed by atoms with E-state index < -0.39 is 0 Å². The molecule has 0 bridgehead atoms. The molecule has 196 valence electrons. The number of amides is 2. The van der Waals surface area contributed by atoms with E-state index in [0.29, 0.717) is 10.6 Å². The van der Waals surface area contributed by atoms with Crippen LogP contribution in [-0.4, -0.2) is 33.3 Å². The molecule has 0 fully saturated rings. The molecule has 1 aliphatic carbocycles. The molecule has 0 spiro atoms. The summed E-state index contributed by atoms with van der Waals surface area (Å²) in [5, 5.41) is 7.03. The molecule has 8 nitrogen and oxygen atoms in total. The van der Waals surface area contributed by atoms with Gasteiger partial charge < -0.3 is 16.4 Å². The molecular formula is C29H32N6O2S. The van der Waals surface area contributed by atoms with Crippen molar-refractivity contribution in [3.63, 3.8) is 0 Å². The number of nitrogens with zero attached hydrogens (tertiary/aromatic N) is 3. The van der Waals surface area contributed by atoms with Gasteiger partial charge in [-0.15, -0.1) is 11.3 Å². The molecule has 3 heterocycles. The normalized spacial score (nSPS) is 14.1. The molecule has 4 N–H and O–H groups in total. The Morgan fingerprint density at radius 1 is 1.08 bits per heavy atom. The number of pyridine rings is 1. The lowest BCUT2D eigenvalue weighted by atomic mass is 9.84. The van der Waals surface area contributed by atoms with Gasteiger partial charge in [-0.1, -0.05) is 32.9 Å². The third-order valence-electron chi connectivity index (χ3n) is 6.82. The Morgan fingerprint density at radius 3 is 2.53 bits per heavy atom. The van der Waals surface area contributed by atoms with Gasteiger partial charge in [0.2, 0.25) is 0 Å². The lowest BCUT2D eigenvalue weighted by Crippen LogP contribution is -2.34. The van der Waals surface area contributed by atoms with Gasteiger partial charge in [-0.2, -0.15) is 0 Å². The zero-order valence-electron chi connectivity index (χ0n) is 21.9. The first-order chi connectivity index (χ1) is 18.2. The number of hydrogen-bond donors (Lipinski definition) is 3. The highest BCUT2D eigenvalue weighted by atomic mass is 32.1. The SMILES string of the molecule is CC(C)(C)c1c(C(=O)N[C@H](CN)c2ccc(NC(=O)c3cnccn3)cc2)sc2nc3c(cc12)CCCC3. The molecular weight excluding hydrogens is 496 g/mol. The Labute approximate surface area is 226 Å². The van der Waals surface area contributed by atoms with Crippen molar-refractivity contribution in [2.45, 2.75) is 57.9 Å². The molecule has 9 heteroatoms. The van der Waals surface area contributed by atoms with Gasteiger partial charge in [-0.3, -0.25) is 14.6 Å². The van der Waals surface area contributed by atoms with Crippen LogP contribution in [-0.2, 0) is 18.3 Å².